The fourth-order valence-electron chi connectivity index (χ4n) is 12.9. The molecule has 1 aliphatic rings. The van der Waals surface area contributed by atoms with Gasteiger partial charge in [-0.1, -0.05) is 219 Å². The van der Waals surface area contributed by atoms with Crippen molar-refractivity contribution in [1.29, 1.82) is 0 Å². The van der Waals surface area contributed by atoms with E-state index in [4.69, 9.17) is 14.1 Å². The van der Waals surface area contributed by atoms with E-state index < -0.39 is 0 Å². The first-order valence-electron chi connectivity index (χ1n) is 31.4. The summed E-state index contributed by atoms with van der Waals surface area (Å²) in [7, 11) is 0. The van der Waals surface area contributed by atoms with Crippen LogP contribution in [0.2, 0.25) is 0 Å². The second-order valence-electron chi connectivity index (χ2n) is 29.0. The average Bonchev–Trinajstić information content (AvgIpc) is 1.61. The molecule has 1 aliphatic heterocycles. The van der Waals surface area contributed by atoms with Crippen LogP contribution in [0.5, 0.6) is 11.5 Å². The van der Waals surface area contributed by atoms with Crippen molar-refractivity contribution in [2.24, 2.45) is 0 Å². The third-order valence-corrected chi connectivity index (χ3v) is 17.9. The van der Waals surface area contributed by atoms with Gasteiger partial charge in [0, 0.05) is 83.2 Å². The summed E-state index contributed by atoms with van der Waals surface area (Å²) in [6, 6.07) is 72.4. The van der Waals surface area contributed by atoms with Gasteiger partial charge in [0.2, 0.25) is 0 Å². The number of para-hydroxylation sites is 3. The molecule has 0 bridgehead atoms. The molecule has 12 aromatic rings. The topological polar surface area (TPSA) is 46.7 Å². The van der Waals surface area contributed by atoms with Crippen LogP contribution in [0.4, 0.5) is 22.7 Å². The molecule has 0 radical (unpaired) electrons. The Labute approximate surface area is 541 Å². The molecule has 0 unspecified atom stereocenters. The molecule has 454 valence electrons. The van der Waals surface area contributed by atoms with Crippen molar-refractivity contribution in [3.05, 3.63) is 234 Å². The fourth-order valence-corrected chi connectivity index (χ4v) is 12.9. The molecule has 0 spiro atoms. The molecule has 4 heterocycles. The van der Waals surface area contributed by atoms with E-state index in [0.717, 1.165) is 100 Å². The molecule has 13 rings (SSSR count). The normalized spacial score (nSPS) is 13.2. The van der Waals surface area contributed by atoms with Crippen LogP contribution < -0.4 is 14.5 Å². The maximum atomic E-state index is 7.29. The zero-order chi connectivity index (χ0) is 61.9. The minimum Gasteiger partial charge on any atom is -0.509 e. The number of furan rings is 1. The van der Waals surface area contributed by atoms with Crippen molar-refractivity contribution < 1.29 is 30.2 Å². The number of aromatic nitrogens is 2. The van der Waals surface area contributed by atoms with Gasteiger partial charge in [-0.15, -0.1) is 48.3 Å². The molecule has 3 aromatic heterocycles. The number of anilines is 4. The SMILES string of the molecule is CC(C)c1cccc(C(C)C)c1-c1cc(Oc2[c-]c3c(cc2)c2c4oc5ccccc5c4ccc2n3-c2cc(C(C)(C)C)ccn2)[c-]c(N2[CH-]N(c3c(-c4ccc(C(C)(C)C)cc4)cc(C(C)(C)C)cc3-c3ccc(C(C)(C)C)cc3)c3ccccc32)c1.[Pt]. The first-order valence-corrected chi connectivity index (χ1v) is 31.4. The van der Waals surface area contributed by atoms with Gasteiger partial charge >= 0.3 is 0 Å². The summed E-state index contributed by atoms with van der Waals surface area (Å²) < 4.78 is 16.3. The molecule has 0 atom stereocenters. The van der Waals surface area contributed by atoms with E-state index in [1.54, 1.807) is 0 Å². The molecule has 89 heavy (non-hydrogen) atoms. The first-order chi connectivity index (χ1) is 41.8. The van der Waals surface area contributed by atoms with E-state index in [9.17, 15) is 0 Å². The number of rotatable bonds is 10. The Balaban J connectivity index is 0.00000769. The summed E-state index contributed by atoms with van der Waals surface area (Å²) in [5.41, 5.74) is 21.8. The van der Waals surface area contributed by atoms with Crippen LogP contribution in [0.25, 0.3) is 82.9 Å². The van der Waals surface area contributed by atoms with Gasteiger partial charge in [0.25, 0.3) is 0 Å². The van der Waals surface area contributed by atoms with Crippen LogP contribution in [0.15, 0.2) is 187 Å². The van der Waals surface area contributed by atoms with E-state index in [1.807, 2.05) is 24.4 Å². The molecule has 0 aliphatic carbocycles. The van der Waals surface area contributed by atoms with Crippen LogP contribution in [0.1, 0.15) is 156 Å². The maximum absolute atomic E-state index is 7.29. The summed E-state index contributed by atoms with van der Waals surface area (Å²) in [6.07, 6.45) is 1.92. The average molecular weight is 1350 g/mol. The molecule has 0 saturated heterocycles. The smallest absolute Gasteiger partial charge is 0.135 e. The quantitative estimate of drug-likeness (QED) is 0.128. The Morgan fingerprint density at radius 2 is 1.04 bits per heavy atom. The van der Waals surface area contributed by atoms with Gasteiger partial charge in [0.05, 0.1) is 0 Å². The van der Waals surface area contributed by atoms with Crippen LogP contribution in [-0.2, 0) is 42.7 Å². The Hall–Kier alpha value is -8.18. The number of benzene rings is 9. The number of ether oxygens (including phenoxy) is 1. The summed E-state index contributed by atoms with van der Waals surface area (Å²) in [6.45, 7) is 38.8. The third kappa shape index (κ3) is 11.2. The van der Waals surface area contributed by atoms with Gasteiger partial charge in [-0.2, -0.15) is 6.07 Å². The standard InChI is InChI=1S/C82H81N4O2.Pt/c1-50(2)62-23-21-24-63(51(3)4)75(62)54-42-59(47-61(43-54)87-60-36-37-66-72(48-60)86(74-46-57(40-41-83-74)81(11,12)13)71-39-38-65-64-22-17-20-27-73(64)88-78(65)76(66)71)84-49-85(70-26-19-18-25-69(70)84)77-67(52-28-32-55(33-29-52)79(5,6)7)44-58(82(14,15)16)45-68(77)53-30-34-56(35-31-53)80(8,9)10;/h17-46,49-51H,1-16H3;/q-3;. The molecule has 7 heteroatoms. The number of nitrogens with zero attached hydrogens (tertiary/aromatic N) is 4. The van der Waals surface area contributed by atoms with Crippen LogP contribution >= 0.6 is 0 Å². The Morgan fingerprint density at radius 1 is 0.483 bits per heavy atom. The predicted octanol–water partition coefficient (Wildman–Crippen LogP) is 23.3. The van der Waals surface area contributed by atoms with Gasteiger partial charge in [-0.05, 0) is 144 Å². The fraction of sp³-hybridized carbons (Fsp3) is 0.268. The summed E-state index contributed by atoms with van der Waals surface area (Å²) >= 11 is 0. The molecular formula is C82H81N4O2Pt-3. The Kier molecular flexibility index (Phi) is 15.6. The van der Waals surface area contributed by atoms with Gasteiger partial charge < -0.3 is 23.5 Å². The molecule has 0 N–H and O–H groups in total. The minimum absolute atomic E-state index is 0. The van der Waals surface area contributed by atoms with Gasteiger partial charge in [0.15, 0.2) is 0 Å². The van der Waals surface area contributed by atoms with Crippen LogP contribution in [0.3, 0.4) is 0 Å². The number of pyridine rings is 1. The zero-order valence-corrected chi connectivity index (χ0v) is 56.7. The monoisotopic (exact) mass is 1350 g/mol. The van der Waals surface area contributed by atoms with Gasteiger partial charge in [-0.3, -0.25) is 0 Å². The van der Waals surface area contributed by atoms with E-state index in [1.165, 1.54) is 38.9 Å². The van der Waals surface area contributed by atoms with Crippen molar-refractivity contribution in [3.8, 4) is 50.7 Å². The number of fused-ring (bicyclic) bond motifs is 8. The Morgan fingerprint density at radius 3 is 1.63 bits per heavy atom. The molecule has 9 aromatic carbocycles. The molecule has 0 saturated carbocycles. The van der Waals surface area contributed by atoms with Crippen molar-refractivity contribution >= 4 is 66.5 Å². The summed E-state index contributed by atoms with van der Waals surface area (Å²) in [5.74, 6) is 2.44. The number of hydrogen-bond acceptors (Lipinski definition) is 5. The third-order valence-electron chi connectivity index (χ3n) is 17.9. The van der Waals surface area contributed by atoms with Crippen molar-refractivity contribution in [2.75, 3.05) is 9.80 Å². The van der Waals surface area contributed by atoms with E-state index in [2.05, 4.69) is 302 Å². The van der Waals surface area contributed by atoms with E-state index >= 15 is 0 Å². The van der Waals surface area contributed by atoms with Crippen molar-refractivity contribution in [1.82, 2.24) is 9.55 Å². The van der Waals surface area contributed by atoms with Gasteiger partial charge in [0.1, 0.15) is 17.0 Å². The summed E-state index contributed by atoms with van der Waals surface area (Å²) in [5, 5.41) is 4.15. The molecule has 0 fully saturated rings. The van der Waals surface area contributed by atoms with Gasteiger partial charge in [-0.25, -0.2) is 4.98 Å². The van der Waals surface area contributed by atoms with Crippen molar-refractivity contribution in [2.45, 2.75) is 144 Å². The van der Waals surface area contributed by atoms with Crippen molar-refractivity contribution in [3.63, 3.8) is 0 Å². The zero-order valence-electron chi connectivity index (χ0n) is 54.5. The van der Waals surface area contributed by atoms with E-state index in [0.29, 0.717) is 11.5 Å². The number of hydrogen-bond donors (Lipinski definition) is 0. The second kappa shape index (κ2) is 22.7. The molecule has 6 nitrogen and oxygen atoms in total. The largest absolute Gasteiger partial charge is 0.509 e. The second-order valence-corrected chi connectivity index (χ2v) is 29.0. The van der Waals surface area contributed by atoms with Crippen LogP contribution in [0, 0.1) is 18.8 Å². The first kappa shape index (κ1) is 61.1. The summed E-state index contributed by atoms with van der Waals surface area (Å²) in [4.78, 5) is 9.80. The minimum atomic E-state index is -0.141. The Bertz CT molecular complexity index is 4560. The molecule has 0 amide bonds. The predicted molar refractivity (Wildman–Crippen MR) is 371 cm³/mol. The maximum Gasteiger partial charge on any atom is 0.135 e. The molecular weight excluding hydrogens is 1270 g/mol. The van der Waals surface area contributed by atoms with Crippen LogP contribution in [-0.4, -0.2) is 9.55 Å². The van der Waals surface area contributed by atoms with E-state index in [-0.39, 0.29) is 54.6 Å².